The van der Waals surface area contributed by atoms with Gasteiger partial charge in [0, 0.05) is 17.9 Å². The maximum Gasteiger partial charge on any atom is 0.323 e. The van der Waals surface area contributed by atoms with Gasteiger partial charge in [0.25, 0.3) is 0 Å². The molecule has 2 fully saturated rings. The quantitative estimate of drug-likeness (QED) is 0.810. The highest BCUT2D eigenvalue weighted by Crippen LogP contribution is 2.30. The highest BCUT2D eigenvalue weighted by atomic mass is 16.5. The fraction of sp³-hybridized carbons (Fsp3) is 0.471. The summed E-state index contributed by atoms with van der Waals surface area (Å²) in [4.78, 5) is 18.5. The van der Waals surface area contributed by atoms with Crippen LogP contribution in [0.5, 0.6) is 0 Å². The molecule has 0 spiro atoms. The van der Waals surface area contributed by atoms with Crippen molar-refractivity contribution in [2.24, 2.45) is 0 Å². The second-order valence-corrected chi connectivity index (χ2v) is 6.10. The molecule has 2 aromatic rings. The first kappa shape index (κ1) is 14.4. The maximum atomic E-state index is 11.7. The zero-order chi connectivity index (χ0) is 15.6. The van der Waals surface area contributed by atoms with Crippen LogP contribution in [0.1, 0.15) is 31.1 Å². The first-order chi connectivity index (χ1) is 11.3. The minimum atomic E-state index is -0.0763. The lowest BCUT2D eigenvalue weighted by Gasteiger charge is -2.32. The number of benzene rings is 1. The average molecular weight is 313 g/mol. The van der Waals surface area contributed by atoms with E-state index in [1.165, 1.54) is 0 Å². The Hall–Kier alpha value is -2.21. The molecule has 6 heteroatoms. The van der Waals surface area contributed by atoms with E-state index in [2.05, 4.69) is 15.0 Å². The number of nitrogens with zero attached hydrogens (tertiary/aromatic N) is 3. The van der Waals surface area contributed by atoms with Crippen LogP contribution in [0.25, 0.3) is 11.4 Å². The maximum absolute atomic E-state index is 11.7. The fourth-order valence-corrected chi connectivity index (χ4v) is 3.38. The summed E-state index contributed by atoms with van der Waals surface area (Å²) in [6, 6.07) is 9.79. The Kier molecular flexibility index (Phi) is 3.83. The van der Waals surface area contributed by atoms with Gasteiger partial charge in [-0.1, -0.05) is 35.5 Å². The van der Waals surface area contributed by atoms with Gasteiger partial charge in [0.05, 0.1) is 6.61 Å². The minimum Gasteiger partial charge on any atom is -0.464 e. The van der Waals surface area contributed by atoms with E-state index in [0.717, 1.165) is 37.9 Å². The summed E-state index contributed by atoms with van der Waals surface area (Å²) in [7, 11) is 0. The van der Waals surface area contributed by atoms with Crippen molar-refractivity contribution in [3.63, 3.8) is 0 Å². The van der Waals surface area contributed by atoms with Crippen LogP contribution in [-0.4, -0.2) is 46.7 Å². The SMILES string of the molecule is O=C1OCC[C@H]1N1CCC(c2nc(-c3ccccc3)no2)CC1. The highest BCUT2D eigenvalue weighted by molar-refractivity contribution is 5.77. The highest BCUT2D eigenvalue weighted by Gasteiger charge is 2.35. The molecule has 6 nitrogen and oxygen atoms in total. The number of esters is 1. The van der Waals surface area contributed by atoms with E-state index in [9.17, 15) is 4.79 Å². The number of hydrogen-bond donors (Lipinski definition) is 0. The van der Waals surface area contributed by atoms with Gasteiger partial charge in [-0.3, -0.25) is 9.69 Å². The summed E-state index contributed by atoms with van der Waals surface area (Å²) in [5.74, 6) is 1.54. The Morgan fingerprint density at radius 3 is 2.57 bits per heavy atom. The predicted molar refractivity (Wildman–Crippen MR) is 82.6 cm³/mol. The average Bonchev–Trinajstić information content (AvgIpc) is 3.25. The van der Waals surface area contributed by atoms with Crippen molar-refractivity contribution in [1.29, 1.82) is 0 Å². The Morgan fingerprint density at radius 2 is 1.87 bits per heavy atom. The topological polar surface area (TPSA) is 68.5 Å². The summed E-state index contributed by atoms with van der Waals surface area (Å²) in [5.41, 5.74) is 0.966. The monoisotopic (exact) mass is 313 g/mol. The van der Waals surface area contributed by atoms with Gasteiger partial charge in [-0.05, 0) is 25.9 Å². The van der Waals surface area contributed by atoms with Gasteiger partial charge < -0.3 is 9.26 Å². The van der Waals surface area contributed by atoms with E-state index in [4.69, 9.17) is 9.26 Å². The predicted octanol–water partition coefficient (Wildman–Crippen LogP) is 2.23. The normalized spacial score (nSPS) is 23.1. The van der Waals surface area contributed by atoms with Gasteiger partial charge in [0.2, 0.25) is 11.7 Å². The lowest BCUT2D eigenvalue weighted by molar-refractivity contribution is -0.142. The summed E-state index contributed by atoms with van der Waals surface area (Å²) in [6.45, 7) is 2.29. The number of aromatic nitrogens is 2. The molecule has 0 amide bonds. The Bertz CT molecular complexity index is 677. The van der Waals surface area contributed by atoms with Crippen molar-refractivity contribution in [2.45, 2.75) is 31.2 Å². The number of carbonyl (C=O) groups excluding carboxylic acids is 1. The van der Waals surface area contributed by atoms with Crippen LogP contribution < -0.4 is 0 Å². The molecule has 1 aromatic carbocycles. The largest absolute Gasteiger partial charge is 0.464 e. The van der Waals surface area contributed by atoms with E-state index in [0.29, 0.717) is 18.3 Å². The molecule has 0 saturated carbocycles. The molecule has 0 radical (unpaired) electrons. The first-order valence-corrected chi connectivity index (χ1v) is 8.11. The Balaban J connectivity index is 1.41. The van der Waals surface area contributed by atoms with E-state index in [-0.39, 0.29) is 17.9 Å². The van der Waals surface area contributed by atoms with E-state index in [1.807, 2.05) is 30.3 Å². The van der Waals surface area contributed by atoms with Crippen molar-refractivity contribution < 1.29 is 14.1 Å². The molecule has 0 bridgehead atoms. The molecule has 0 aliphatic carbocycles. The minimum absolute atomic E-state index is 0.0569. The number of ether oxygens (including phenoxy) is 1. The van der Waals surface area contributed by atoms with Crippen LogP contribution in [0, 0.1) is 0 Å². The third-order valence-corrected chi connectivity index (χ3v) is 4.70. The number of carbonyl (C=O) groups is 1. The van der Waals surface area contributed by atoms with E-state index >= 15 is 0 Å². The molecule has 23 heavy (non-hydrogen) atoms. The Labute approximate surface area is 134 Å². The standard InChI is InChI=1S/C17H19N3O3/c21-17-14(8-11-22-17)20-9-6-13(7-10-20)16-18-15(19-23-16)12-4-2-1-3-5-12/h1-5,13-14H,6-11H2/t14-/m1/s1. The summed E-state index contributed by atoms with van der Waals surface area (Å²) in [5, 5.41) is 4.10. The summed E-state index contributed by atoms with van der Waals surface area (Å²) >= 11 is 0. The number of likely N-dealkylation sites (tertiary alicyclic amines) is 1. The molecule has 1 atom stereocenters. The molecule has 4 rings (SSSR count). The molecule has 120 valence electrons. The van der Waals surface area contributed by atoms with Gasteiger partial charge in [-0.25, -0.2) is 0 Å². The number of rotatable bonds is 3. The summed E-state index contributed by atoms with van der Waals surface area (Å²) in [6.07, 6.45) is 2.67. The molecule has 1 aromatic heterocycles. The third kappa shape index (κ3) is 2.86. The Morgan fingerprint density at radius 1 is 1.09 bits per heavy atom. The molecule has 2 aliphatic heterocycles. The molecule has 2 aliphatic rings. The zero-order valence-corrected chi connectivity index (χ0v) is 12.9. The number of cyclic esters (lactones) is 1. The van der Waals surface area contributed by atoms with E-state index in [1.54, 1.807) is 0 Å². The second-order valence-electron chi connectivity index (χ2n) is 6.10. The van der Waals surface area contributed by atoms with Crippen molar-refractivity contribution in [3.8, 4) is 11.4 Å². The molecular weight excluding hydrogens is 294 g/mol. The van der Waals surface area contributed by atoms with Crippen LogP contribution in [0.15, 0.2) is 34.9 Å². The second kappa shape index (κ2) is 6.12. The fourth-order valence-electron chi connectivity index (χ4n) is 3.38. The van der Waals surface area contributed by atoms with Gasteiger partial charge >= 0.3 is 5.97 Å². The number of piperidine rings is 1. The van der Waals surface area contributed by atoms with Gasteiger partial charge in [-0.2, -0.15) is 4.98 Å². The molecule has 2 saturated heterocycles. The van der Waals surface area contributed by atoms with Crippen molar-refractivity contribution in [1.82, 2.24) is 15.0 Å². The number of hydrogen-bond acceptors (Lipinski definition) is 6. The van der Waals surface area contributed by atoms with Gasteiger partial charge in [-0.15, -0.1) is 0 Å². The zero-order valence-electron chi connectivity index (χ0n) is 12.9. The van der Waals surface area contributed by atoms with Gasteiger partial charge in [0.15, 0.2) is 0 Å². The summed E-state index contributed by atoms with van der Waals surface area (Å²) < 4.78 is 10.5. The van der Waals surface area contributed by atoms with Crippen LogP contribution in [0.3, 0.4) is 0 Å². The van der Waals surface area contributed by atoms with Crippen LogP contribution >= 0.6 is 0 Å². The smallest absolute Gasteiger partial charge is 0.323 e. The van der Waals surface area contributed by atoms with E-state index < -0.39 is 0 Å². The third-order valence-electron chi connectivity index (χ3n) is 4.70. The van der Waals surface area contributed by atoms with Crippen molar-refractivity contribution in [3.05, 3.63) is 36.2 Å². The van der Waals surface area contributed by atoms with Crippen molar-refractivity contribution in [2.75, 3.05) is 19.7 Å². The van der Waals surface area contributed by atoms with Crippen LogP contribution in [0.4, 0.5) is 0 Å². The lowest BCUT2D eigenvalue weighted by Crippen LogP contribution is -2.43. The molecule has 0 N–H and O–H groups in total. The first-order valence-electron chi connectivity index (χ1n) is 8.11. The molecule has 3 heterocycles. The lowest BCUT2D eigenvalue weighted by atomic mass is 9.95. The van der Waals surface area contributed by atoms with Crippen molar-refractivity contribution >= 4 is 5.97 Å². The van der Waals surface area contributed by atoms with Crippen LogP contribution in [-0.2, 0) is 9.53 Å². The molecular formula is C17H19N3O3. The van der Waals surface area contributed by atoms with Crippen LogP contribution in [0.2, 0.25) is 0 Å². The van der Waals surface area contributed by atoms with Gasteiger partial charge in [0.1, 0.15) is 6.04 Å². The molecule has 0 unspecified atom stereocenters.